The lowest BCUT2D eigenvalue weighted by molar-refractivity contribution is 0.104. The van der Waals surface area contributed by atoms with Crippen molar-refractivity contribution in [2.45, 2.75) is 25.9 Å². The van der Waals surface area contributed by atoms with Gasteiger partial charge in [-0.2, -0.15) is 0 Å². The highest BCUT2D eigenvalue weighted by atomic mass is 16.5. The van der Waals surface area contributed by atoms with Crippen molar-refractivity contribution in [1.82, 2.24) is 14.5 Å². The van der Waals surface area contributed by atoms with Gasteiger partial charge in [-0.3, -0.25) is 4.57 Å². The van der Waals surface area contributed by atoms with Gasteiger partial charge in [-0.05, 0) is 49.6 Å². The Morgan fingerprint density at radius 3 is 3.00 bits per heavy atom. The molecule has 0 bridgehead atoms. The molecule has 1 aliphatic rings. The first-order valence-electron chi connectivity index (χ1n) is 7.35. The normalized spacial score (nSPS) is 18.4. The van der Waals surface area contributed by atoms with Crippen molar-refractivity contribution in [2.75, 3.05) is 6.61 Å². The number of aromatic nitrogens is 3. The molecule has 1 aliphatic heterocycles. The van der Waals surface area contributed by atoms with Gasteiger partial charge in [-0.25, -0.2) is 9.97 Å². The number of imidazole rings is 1. The molecule has 0 amide bonds. The van der Waals surface area contributed by atoms with Crippen molar-refractivity contribution in [2.24, 2.45) is 0 Å². The van der Waals surface area contributed by atoms with Crippen molar-refractivity contribution < 1.29 is 4.74 Å². The van der Waals surface area contributed by atoms with E-state index in [-0.39, 0.29) is 6.10 Å². The largest absolute Gasteiger partial charge is 0.370 e. The summed E-state index contributed by atoms with van der Waals surface area (Å²) in [5.74, 6) is 0.965. The second-order valence-electron chi connectivity index (χ2n) is 5.49. The molecule has 0 aliphatic carbocycles. The molecule has 106 valence electrons. The molecular weight excluding hydrogens is 262 g/mol. The van der Waals surface area contributed by atoms with Crippen LogP contribution in [-0.2, 0) is 4.74 Å². The van der Waals surface area contributed by atoms with E-state index in [1.807, 2.05) is 18.3 Å². The van der Waals surface area contributed by atoms with Gasteiger partial charge in [0.2, 0.25) is 0 Å². The molecule has 3 heterocycles. The summed E-state index contributed by atoms with van der Waals surface area (Å²) in [6, 6.07) is 12.4. The van der Waals surface area contributed by atoms with Crippen LogP contribution in [0.4, 0.5) is 0 Å². The Bertz CT molecular complexity index is 788. The van der Waals surface area contributed by atoms with Crippen LogP contribution in [0.5, 0.6) is 0 Å². The Balaban J connectivity index is 1.98. The quantitative estimate of drug-likeness (QED) is 0.720. The lowest BCUT2D eigenvalue weighted by Crippen LogP contribution is -2.07. The molecular formula is C17H17N3O. The van der Waals surface area contributed by atoms with Crippen molar-refractivity contribution in [3.8, 4) is 5.69 Å². The predicted octanol–water partition coefficient (Wildman–Crippen LogP) is 3.58. The number of hydrogen-bond acceptors (Lipinski definition) is 3. The van der Waals surface area contributed by atoms with Crippen molar-refractivity contribution >= 4 is 11.2 Å². The fourth-order valence-corrected chi connectivity index (χ4v) is 2.95. The lowest BCUT2D eigenvalue weighted by Gasteiger charge is -2.13. The standard InChI is InChI=1S/C17H17N3O/c1-12-5-2-6-13(11-12)20-16-14(7-3-9-18-16)19-17(20)15-8-4-10-21-15/h2-3,5-7,9,11,15H,4,8,10H2,1H3. The number of ether oxygens (including phenoxy) is 1. The van der Waals surface area contributed by atoms with Gasteiger partial charge in [0.1, 0.15) is 17.4 Å². The zero-order valence-electron chi connectivity index (χ0n) is 12.0. The third-order valence-corrected chi connectivity index (χ3v) is 3.92. The zero-order valence-corrected chi connectivity index (χ0v) is 12.0. The molecule has 1 atom stereocenters. The summed E-state index contributed by atoms with van der Waals surface area (Å²) < 4.78 is 7.99. The van der Waals surface area contributed by atoms with Crippen molar-refractivity contribution in [1.29, 1.82) is 0 Å². The van der Waals surface area contributed by atoms with E-state index in [0.717, 1.165) is 42.1 Å². The summed E-state index contributed by atoms with van der Waals surface area (Å²) in [6.07, 6.45) is 4.00. The van der Waals surface area contributed by atoms with Gasteiger partial charge in [0.15, 0.2) is 5.65 Å². The van der Waals surface area contributed by atoms with Crippen LogP contribution < -0.4 is 0 Å². The molecule has 1 unspecified atom stereocenters. The Labute approximate surface area is 123 Å². The van der Waals surface area contributed by atoms with Crippen LogP contribution in [0.3, 0.4) is 0 Å². The van der Waals surface area contributed by atoms with E-state index in [0.29, 0.717) is 0 Å². The van der Waals surface area contributed by atoms with Gasteiger partial charge in [0.25, 0.3) is 0 Å². The van der Waals surface area contributed by atoms with E-state index >= 15 is 0 Å². The van der Waals surface area contributed by atoms with Crippen LogP contribution in [0.15, 0.2) is 42.6 Å². The number of rotatable bonds is 2. The van der Waals surface area contributed by atoms with Gasteiger partial charge in [0.05, 0.1) is 0 Å². The highest BCUT2D eigenvalue weighted by Crippen LogP contribution is 2.32. The maximum atomic E-state index is 5.85. The molecule has 1 saturated heterocycles. The van der Waals surface area contributed by atoms with Gasteiger partial charge >= 0.3 is 0 Å². The fourth-order valence-electron chi connectivity index (χ4n) is 2.95. The molecule has 0 N–H and O–H groups in total. The number of hydrogen-bond donors (Lipinski definition) is 0. The number of pyridine rings is 1. The zero-order chi connectivity index (χ0) is 14.2. The van der Waals surface area contributed by atoms with Gasteiger partial charge in [0, 0.05) is 18.5 Å². The minimum atomic E-state index is 0.0692. The van der Waals surface area contributed by atoms with Crippen molar-refractivity contribution in [3.63, 3.8) is 0 Å². The molecule has 21 heavy (non-hydrogen) atoms. The van der Waals surface area contributed by atoms with Gasteiger partial charge in [-0.15, -0.1) is 0 Å². The van der Waals surface area contributed by atoms with Crippen LogP contribution in [-0.4, -0.2) is 21.1 Å². The Kier molecular flexibility index (Phi) is 2.97. The first kappa shape index (κ1) is 12.5. The molecule has 4 nitrogen and oxygen atoms in total. The molecule has 4 rings (SSSR count). The summed E-state index contributed by atoms with van der Waals surface area (Å²) in [6.45, 7) is 2.91. The van der Waals surface area contributed by atoms with E-state index in [9.17, 15) is 0 Å². The maximum Gasteiger partial charge on any atom is 0.164 e. The maximum absolute atomic E-state index is 5.85. The molecule has 0 spiro atoms. The van der Waals surface area contributed by atoms with Crippen LogP contribution >= 0.6 is 0 Å². The average Bonchev–Trinajstić information content (AvgIpc) is 3.14. The van der Waals surface area contributed by atoms with Crippen molar-refractivity contribution in [3.05, 3.63) is 54.0 Å². The van der Waals surface area contributed by atoms with E-state index < -0.39 is 0 Å². The van der Waals surface area contributed by atoms with Gasteiger partial charge in [-0.1, -0.05) is 12.1 Å². The SMILES string of the molecule is Cc1cccc(-n2c(C3CCCO3)nc3cccnc32)c1. The Morgan fingerprint density at radius 2 is 2.19 bits per heavy atom. The molecule has 0 radical (unpaired) electrons. The fraction of sp³-hybridized carbons (Fsp3) is 0.294. The summed E-state index contributed by atoms with van der Waals surface area (Å²) in [5.41, 5.74) is 4.14. The number of aryl methyl sites for hydroxylation is 1. The Hall–Kier alpha value is -2.20. The van der Waals surface area contributed by atoms with E-state index in [1.54, 1.807) is 0 Å². The third kappa shape index (κ3) is 2.12. The third-order valence-electron chi connectivity index (χ3n) is 3.92. The number of fused-ring (bicyclic) bond motifs is 1. The first-order chi connectivity index (χ1) is 10.3. The minimum absolute atomic E-state index is 0.0692. The highest BCUT2D eigenvalue weighted by Gasteiger charge is 2.25. The number of benzene rings is 1. The Morgan fingerprint density at radius 1 is 1.24 bits per heavy atom. The molecule has 1 fully saturated rings. The van der Waals surface area contributed by atoms with Crippen LogP contribution in [0.2, 0.25) is 0 Å². The lowest BCUT2D eigenvalue weighted by atomic mass is 10.2. The minimum Gasteiger partial charge on any atom is -0.370 e. The topological polar surface area (TPSA) is 39.9 Å². The monoisotopic (exact) mass is 279 g/mol. The number of nitrogens with zero attached hydrogens (tertiary/aromatic N) is 3. The summed E-state index contributed by atoms with van der Waals surface area (Å²) in [5, 5.41) is 0. The van der Waals surface area contributed by atoms with Crippen LogP contribution in [0.25, 0.3) is 16.9 Å². The van der Waals surface area contributed by atoms with Crippen LogP contribution in [0.1, 0.15) is 30.3 Å². The summed E-state index contributed by atoms with van der Waals surface area (Å²) >= 11 is 0. The summed E-state index contributed by atoms with van der Waals surface area (Å²) in [7, 11) is 0. The van der Waals surface area contributed by atoms with Crippen LogP contribution in [0, 0.1) is 6.92 Å². The second kappa shape index (κ2) is 4.97. The molecule has 3 aromatic rings. The van der Waals surface area contributed by atoms with E-state index in [2.05, 4.69) is 40.7 Å². The highest BCUT2D eigenvalue weighted by molar-refractivity contribution is 5.74. The first-order valence-corrected chi connectivity index (χ1v) is 7.35. The average molecular weight is 279 g/mol. The smallest absolute Gasteiger partial charge is 0.164 e. The molecule has 1 aromatic carbocycles. The molecule has 4 heteroatoms. The van der Waals surface area contributed by atoms with Gasteiger partial charge < -0.3 is 4.74 Å². The predicted molar refractivity (Wildman–Crippen MR) is 81.5 cm³/mol. The molecule has 2 aromatic heterocycles. The second-order valence-corrected chi connectivity index (χ2v) is 5.49. The summed E-state index contributed by atoms with van der Waals surface area (Å²) in [4.78, 5) is 9.30. The van der Waals surface area contributed by atoms with E-state index in [1.165, 1.54) is 5.56 Å². The molecule has 0 saturated carbocycles. The van der Waals surface area contributed by atoms with E-state index in [4.69, 9.17) is 9.72 Å².